The fourth-order valence-corrected chi connectivity index (χ4v) is 2.81. The molecule has 0 aliphatic carbocycles. The number of hydrogen-bond donors (Lipinski definition) is 2. The van der Waals surface area contributed by atoms with Gasteiger partial charge in [-0.1, -0.05) is 16.8 Å². The average Bonchev–Trinajstić information content (AvgIpc) is 2.98. The van der Waals surface area contributed by atoms with Crippen LogP contribution in [0.1, 0.15) is 18.6 Å². The van der Waals surface area contributed by atoms with E-state index in [0.717, 1.165) is 29.8 Å². The number of aryl methyl sites for hydroxylation is 1. The Labute approximate surface area is 151 Å². The van der Waals surface area contributed by atoms with E-state index in [0.29, 0.717) is 24.7 Å². The van der Waals surface area contributed by atoms with Gasteiger partial charge in [0.05, 0.1) is 6.54 Å². The molecule has 0 unspecified atom stereocenters. The Balaban J connectivity index is 1.71. The van der Waals surface area contributed by atoms with Crippen molar-refractivity contribution in [2.75, 3.05) is 25.4 Å². The molecule has 0 bridgehead atoms. The van der Waals surface area contributed by atoms with Crippen molar-refractivity contribution in [2.45, 2.75) is 25.2 Å². The second-order valence-corrected chi connectivity index (χ2v) is 6.58. The molecule has 0 amide bonds. The summed E-state index contributed by atoms with van der Waals surface area (Å²) in [6.07, 6.45) is 0.636. The molecule has 2 rings (SSSR count). The molecule has 0 saturated heterocycles. The van der Waals surface area contributed by atoms with Gasteiger partial charge in [0.1, 0.15) is 0 Å². The number of aromatic nitrogens is 2. The highest BCUT2D eigenvalue weighted by Crippen LogP contribution is 2.19. The molecule has 2 N–H and O–H groups in total. The van der Waals surface area contributed by atoms with Crippen LogP contribution >= 0.6 is 23.4 Å². The highest BCUT2D eigenvalue weighted by atomic mass is 35.5. The van der Waals surface area contributed by atoms with E-state index in [1.807, 2.05) is 31.2 Å². The average molecular weight is 368 g/mol. The fourth-order valence-electron chi connectivity index (χ4n) is 1.92. The molecule has 130 valence electrons. The minimum absolute atomic E-state index is 0.599. The minimum Gasteiger partial charge on any atom is -0.357 e. The molecular formula is C16H22ClN5OS. The van der Waals surface area contributed by atoms with Gasteiger partial charge in [0, 0.05) is 35.2 Å². The molecule has 6 nitrogen and oxygen atoms in total. The Hall–Kier alpha value is -1.73. The molecule has 0 radical (unpaired) electrons. The third-order valence-corrected chi connectivity index (χ3v) is 4.25. The largest absolute Gasteiger partial charge is 0.357 e. The van der Waals surface area contributed by atoms with Crippen LogP contribution in [-0.2, 0) is 6.42 Å². The molecular weight excluding hydrogens is 346 g/mol. The molecule has 0 aliphatic heterocycles. The summed E-state index contributed by atoms with van der Waals surface area (Å²) in [6, 6.07) is 7.86. The second-order valence-electron chi connectivity index (χ2n) is 4.98. The number of guanidine groups is 1. The van der Waals surface area contributed by atoms with Crippen molar-refractivity contribution in [1.29, 1.82) is 0 Å². The molecule has 2 aromatic rings. The zero-order valence-electron chi connectivity index (χ0n) is 13.9. The maximum absolute atomic E-state index is 5.88. The number of halogens is 1. The number of aliphatic imine (C=N–C) groups is 1. The lowest BCUT2D eigenvalue weighted by Gasteiger charge is -2.10. The summed E-state index contributed by atoms with van der Waals surface area (Å²) >= 11 is 7.66. The van der Waals surface area contributed by atoms with Gasteiger partial charge < -0.3 is 15.2 Å². The molecule has 8 heteroatoms. The Kier molecular flexibility index (Phi) is 7.91. The summed E-state index contributed by atoms with van der Waals surface area (Å²) in [5.74, 6) is 3.00. The lowest BCUT2D eigenvalue weighted by molar-refractivity contribution is 0.376. The van der Waals surface area contributed by atoms with Gasteiger partial charge >= 0.3 is 0 Å². The van der Waals surface area contributed by atoms with Crippen molar-refractivity contribution in [1.82, 2.24) is 20.8 Å². The van der Waals surface area contributed by atoms with Crippen LogP contribution in [0.2, 0.25) is 5.02 Å². The van der Waals surface area contributed by atoms with Crippen LogP contribution in [0.5, 0.6) is 0 Å². The minimum atomic E-state index is 0.599. The third-order valence-electron chi connectivity index (χ3n) is 2.99. The van der Waals surface area contributed by atoms with Crippen LogP contribution in [0.4, 0.5) is 0 Å². The lowest BCUT2D eigenvalue weighted by atomic mass is 10.4. The number of nitrogens with zero attached hydrogens (tertiary/aromatic N) is 3. The van der Waals surface area contributed by atoms with Gasteiger partial charge in [-0.3, -0.25) is 4.99 Å². The zero-order chi connectivity index (χ0) is 17.2. The highest BCUT2D eigenvalue weighted by Gasteiger charge is 2.02. The van der Waals surface area contributed by atoms with Crippen LogP contribution in [0.15, 0.2) is 38.7 Å². The molecule has 24 heavy (non-hydrogen) atoms. The summed E-state index contributed by atoms with van der Waals surface area (Å²) in [7, 11) is 0. The van der Waals surface area contributed by atoms with Crippen molar-refractivity contribution in [3.63, 3.8) is 0 Å². The van der Waals surface area contributed by atoms with Crippen molar-refractivity contribution < 1.29 is 4.52 Å². The maximum Gasteiger partial charge on any atom is 0.228 e. The molecule has 1 aromatic heterocycles. The molecule has 0 fully saturated rings. The van der Waals surface area contributed by atoms with E-state index < -0.39 is 0 Å². The van der Waals surface area contributed by atoms with Gasteiger partial charge in [-0.2, -0.15) is 4.98 Å². The molecule has 1 aromatic carbocycles. The van der Waals surface area contributed by atoms with Crippen LogP contribution in [-0.4, -0.2) is 41.5 Å². The number of nitrogens with one attached hydrogen (secondary N) is 2. The van der Waals surface area contributed by atoms with E-state index in [9.17, 15) is 0 Å². The number of benzene rings is 1. The van der Waals surface area contributed by atoms with Gasteiger partial charge in [-0.05, 0) is 38.1 Å². The summed E-state index contributed by atoms with van der Waals surface area (Å²) in [5.41, 5.74) is 0. The Morgan fingerprint density at radius 1 is 1.29 bits per heavy atom. The maximum atomic E-state index is 5.88. The number of hydrogen-bond acceptors (Lipinski definition) is 5. The fraction of sp³-hybridized carbons (Fsp3) is 0.438. The van der Waals surface area contributed by atoms with Crippen molar-refractivity contribution in [3.05, 3.63) is 41.0 Å². The summed E-state index contributed by atoms with van der Waals surface area (Å²) in [6.45, 7) is 6.08. The number of rotatable bonds is 8. The summed E-state index contributed by atoms with van der Waals surface area (Å²) in [5, 5.41) is 11.1. The first kappa shape index (κ1) is 18.6. The first-order chi connectivity index (χ1) is 11.7. The van der Waals surface area contributed by atoms with E-state index in [-0.39, 0.29) is 0 Å². The third kappa shape index (κ3) is 6.80. The van der Waals surface area contributed by atoms with E-state index in [1.54, 1.807) is 18.7 Å². The SMILES string of the molecule is CCNC(=NCCc1nc(C)no1)NCCSc1ccc(Cl)cc1. The standard InChI is InChI=1S/C16H22ClN5OS/c1-3-18-16(19-9-8-15-21-12(2)22-23-15)20-10-11-24-14-6-4-13(17)5-7-14/h4-7H,3,8-11H2,1-2H3,(H2,18,19,20). The Morgan fingerprint density at radius 3 is 2.75 bits per heavy atom. The van der Waals surface area contributed by atoms with Gasteiger partial charge in [0.15, 0.2) is 11.8 Å². The molecule has 0 spiro atoms. The monoisotopic (exact) mass is 367 g/mol. The Morgan fingerprint density at radius 2 is 2.08 bits per heavy atom. The van der Waals surface area contributed by atoms with E-state index in [4.69, 9.17) is 16.1 Å². The van der Waals surface area contributed by atoms with Crippen molar-refractivity contribution >= 4 is 29.3 Å². The normalized spacial score (nSPS) is 11.5. The van der Waals surface area contributed by atoms with Crippen molar-refractivity contribution in [3.8, 4) is 0 Å². The van der Waals surface area contributed by atoms with Gasteiger partial charge in [-0.25, -0.2) is 0 Å². The molecule has 0 saturated carbocycles. The van der Waals surface area contributed by atoms with E-state index in [2.05, 4.69) is 25.8 Å². The van der Waals surface area contributed by atoms with Crippen LogP contribution in [0, 0.1) is 6.92 Å². The van der Waals surface area contributed by atoms with E-state index in [1.165, 1.54) is 4.90 Å². The molecule has 1 heterocycles. The number of thioether (sulfide) groups is 1. The Bertz CT molecular complexity index is 644. The van der Waals surface area contributed by atoms with Gasteiger partial charge in [-0.15, -0.1) is 11.8 Å². The topological polar surface area (TPSA) is 75.3 Å². The summed E-state index contributed by atoms with van der Waals surface area (Å²) in [4.78, 5) is 9.89. The summed E-state index contributed by atoms with van der Waals surface area (Å²) < 4.78 is 5.08. The predicted molar refractivity (Wildman–Crippen MR) is 98.9 cm³/mol. The lowest BCUT2D eigenvalue weighted by Crippen LogP contribution is -2.38. The smallest absolute Gasteiger partial charge is 0.228 e. The van der Waals surface area contributed by atoms with Crippen molar-refractivity contribution in [2.24, 2.45) is 4.99 Å². The first-order valence-electron chi connectivity index (χ1n) is 7.87. The van der Waals surface area contributed by atoms with E-state index >= 15 is 0 Å². The van der Waals surface area contributed by atoms with Gasteiger partial charge in [0.25, 0.3) is 0 Å². The molecule has 0 aliphatic rings. The van der Waals surface area contributed by atoms with Crippen LogP contribution in [0.25, 0.3) is 0 Å². The predicted octanol–water partition coefficient (Wildman–Crippen LogP) is 2.92. The van der Waals surface area contributed by atoms with Gasteiger partial charge in [0.2, 0.25) is 5.89 Å². The quantitative estimate of drug-likeness (QED) is 0.323. The highest BCUT2D eigenvalue weighted by molar-refractivity contribution is 7.99. The second kappa shape index (κ2) is 10.2. The zero-order valence-corrected chi connectivity index (χ0v) is 15.5. The van der Waals surface area contributed by atoms with Crippen LogP contribution < -0.4 is 10.6 Å². The van der Waals surface area contributed by atoms with Crippen LogP contribution in [0.3, 0.4) is 0 Å². The first-order valence-corrected chi connectivity index (χ1v) is 9.23. The molecule has 0 atom stereocenters.